The lowest BCUT2D eigenvalue weighted by atomic mass is 9.79. The van der Waals surface area contributed by atoms with Gasteiger partial charge in [0.05, 0.1) is 18.1 Å². The third-order valence-electron chi connectivity index (χ3n) is 5.92. The molecule has 2 aliphatic heterocycles. The minimum Gasteiger partial charge on any atom is -0.451 e. The van der Waals surface area contributed by atoms with Crippen LogP contribution < -0.4 is 0 Å². The number of Topliss-reactive ketones (excluding diaryl/α,β-unsaturated/α-hetero) is 1. The number of hydrogen-bond acceptors (Lipinski definition) is 5. The number of aliphatic hydroxyl groups excluding tert-OH is 1. The van der Waals surface area contributed by atoms with Crippen LogP contribution in [0.25, 0.3) is 0 Å². The van der Waals surface area contributed by atoms with Crippen molar-refractivity contribution in [2.45, 2.75) is 38.1 Å². The molecule has 0 aromatic heterocycles. The molecule has 2 fully saturated rings. The monoisotopic (exact) mass is 393 g/mol. The fourth-order valence-electron chi connectivity index (χ4n) is 4.45. The van der Waals surface area contributed by atoms with Crippen molar-refractivity contribution in [3.05, 3.63) is 71.8 Å². The second-order valence-corrected chi connectivity index (χ2v) is 7.73. The van der Waals surface area contributed by atoms with Crippen molar-refractivity contribution >= 4 is 17.7 Å². The summed E-state index contributed by atoms with van der Waals surface area (Å²) in [6.45, 7) is 3.23. The van der Waals surface area contributed by atoms with Crippen LogP contribution in [0.5, 0.6) is 0 Å². The van der Waals surface area contributed by atoms with E-state index in [0.717, 1.165) is 11.1 Å². The van der Waals surface area contributed by atoms with E-state index < -0.39 is 42.1 Å². The maximum atomic E-state index is 13.1. The molecule has 2 aromatic rings. The number of nitrogens with zero attached hydrogens (tertiary/aromatic N) is 1. The molecule has 150 valence electrons. The summed E-state index contributed by atoms with van der Waals surface area (Å²) >= 11 is 0. The van der Waals surface area contributed by atoms with Crippen LogP contribution in [0, 0.1) is 11.8 Å². The topological polar surface area (TPSA) is 83.9 Å². The van der Waals surface area contributed by atoms with Gasteiger partial charge < -0.3 is 14.7 Å². The van der Waals surface area contributed by atoms with E-state index in [0.29, 0.717) is 0 Å². The van der Waals surface area contributed by atoms with Crippen LogP contribution in [0.2, 0.25) is 0 Å². The number of β-lactam (4-membered cyclic amide) rings is 1. The van der Waals surface area contributed by atoms with Gasteiger partial charge in [0.15, 0.2) is 17.9 Å². The lowest BCUT2D eigenvalue weighted by Crippen LogP contribution is -2.65. The molecule has 4 rings (SSSR count). The van der Waals surface area contributed by atoms with Gasteiger partial charge in [0, 0.05) is 5.92 Å². The Labute approximate surface area is 169 Å². The van der Waals surface area contributed by atoms with Crippen molar-refractivity contribution in [1.82, 2.24) is 4.90 Å². The van der Waals surface area contributed by atoms with Gasteiger partial charge in [-0.05, 0) is 18.1 Å². The van der Waals surface area contributed by atoms with Gasteiger partial charge in [-0.15, -0.1) is 0 Å². The molecule has 5 atom stereocenters. The molecular weight excluding hydrogens is 370 g/mol. The van der Waals surface area contributed by atoms with E-state index in [-0.39, 0.29) is 11.7 Å². The molecule has 0 radical (unpaired) electrons. The van der Waals surface area contributed by atoms with Gasteiger partial charge in [0.25, 0.3) is 0 Å². The number of ether oxygens (including phenoxy) is 1. The third kappa shape index (κ3) is 3.13. The third-order valence-corrected chi connectivity index (χ3v) is 5.92. The second-order valence-electron chi connectivity index (χ2n) is 7.73. The molecular formula is C23H23NO5. The highest BCUT2D eigenvalue weighted by molar-refractivity contribution is 6.12. The highest BCUT2D eigenvalue weighted by Crippen LogP contribution is 2.43. The highest BCUT2D eigenvalue weighted by atomic mass is 16.5. The molecule has 2 saturated heterocycles. The van der Waals surface area contributed by atoms with Crippen LogP contribution in [-0.4, -0.2) is 45.9 Å². The number of carbonyl (C=O) groups excluding carboxylic acids is 3. The summed E-state index contributed by atoms with van der Waals surface area (Å²) in [5, 5.41) is 9.89. The number of carbonyl (C=O) groups is 3. The minimum atomic E-state index is -1.26. The van der Waals surface area contributed by atoms with Crippen molar-refractivity contribution in [3.63, 3.8) is 0 Å². The Morgan fingerprint density at radius 3 is 2.00 bits per heavy atom. The zero-order chi connectivity index (χ0) is 20.7. The smallest absolute Gasteiger partial charge is 0.337 e. The van der Waals surface area contributed by atoms with Crippen LogP contribution in [-0.2, 0) is 19.1 Å². The van der Waals surface area contributed by atoms with E-state index in [1.165, 1.54) is 11.8 Å². The van der Waals surface area contributed by atoms with E-state index in [9.17, 15) is 19.5 Å². The van der Waals surface area contributed by atoms with E-state index >= 15 is 0 Å². The largest absolute Gasteiger partial charge is 0.451 e. The molecule has 1 N–H and O–H groups in total. The molecule has 2 heterocycles. The number of hydrogen-bond donors (Lipinski definition) is 1. The Morgan fingerprint density at radius 1 is 1.00 bits per heavy atom. The van der Waals surface area contributed by atoms with Gasteiger partial charge >= 0.3 is 5.97 Å². The summed E-state index contributed by atoms with van der Waals surface area (Å²) in [6.07, 6.45) is -1.55. The number of aliphatic hydroxyl groups is 1. The lowest BCUT2D eigenvalue weighted by molar-refractivity contribution is -0.174. The molecule has 0 bridgehead atoms. The van der Waals surface area contributed by atoms with Gasteiger partial charge in [0.2, 0.25) is 5.91 Å². The van der Waals surface area contributed by atoms with E-state index in [4.69, 9.17) is 4.74 Å². The van der Waals surface area contributed by atoms with Crippen molar-refractivity contribution in [1.29, 1.82) is 0 Å². The normalized spacial score (nSPS) is 26.8. The molecule has 0 spiro atoms. The summed E-state index contributed by atoms with van der Waals surface area (Å²) in [6, 6.07) is 16.8. The predicted molar refractivity (Wildman–Crippen MR) is 105 cm³/mol. The van der Waals surface area contributed by atoms with Crippen LogP contribution in [0.3, 0.4) is 0 Å². The van der Waals surface area contributed by atoms with Crippen LogP contribution in [0.4, 0.5) is 0 Å². The van der Waals surface area contributed by atoms with Gasteiger partial charge in [-0.3, -0.25) is 9.59 Å². The van der Waals surface area contributed by atoms with E-state index in [1.54, 1.807) is 6.92 Å². The van der Waals surface area contributed by atoms with Gasteiger partial charge in [-0.25, -0.2) is 4.79 Å². The number of rotatable bonds is 5. The fraction of sp³-hybridized carbons (Fsp3) is 0.348. The first-order chi connectivity index (χ1) is 13.9. The molecule has 29 heavy (non-hydrogen) atoms. The van der Waals surface area contributed by atoms with Crippen molar-refractivity contribution in [2.75, 3.05) is 0 Å². The van der Waals surface area contributed by atoms with Crippen molar-refractivity contribution in [2.24, 2.45) is 11.8 Å². The SMILES string of the molecule is C[C@@H](O)[C@H]1C(=O)N2[C@@H](C(=O)OC(c3ccccc3)c3ccccc3)C(=O)[C@H](C)[C@H]12. The molecule has 2 aromatic carbocycles. The maximum absolute atomic E-state index is 13.1. The highest BCUT2D eigenvalue weighted by Gasteiger charge is 2.64. The van der Waals surface area contributed by atoms with E-state index in [1.807, 2.05) is 60.7 Å². The zero-order valence-corrected chi connectivity index (χ0v) is 16.3. The quantitative estimate of drug-likeness (QED) is 0.478. The summed E-state index contributed by atoms with van der Waals surface area (Å²) in [4.78, 5) is 39.7. The number of benzene rings is 2. The number of amides is 1. The average Bonchev–Trinajstić information content (AvgIpc) is 2.94. The standard InChI is InChI=1S/C23H23NO5/c1-13-18-17(14(2)25)22(27)24(18)19(20(13)26)23(28)29-21(15-9-5-3-6-10-15)16-11-7-4-8-12-16/h3-14,17-19,21,25H,1-2H3/t13-,14-,17-,18-,19-/m1/s1. The molecule has 1 amide bonds. The lowest BCUT2D eigenvalue weighted by Gasteiger charge is -2.46. The fourth-order valence-corrected chi connectivity index (χ4v) is 4.45. The average molecular weight is 393 g/mol. The van der Waals surface area contributed by atoms with Crippen LogP contribution in [0.15, 0.2) is 60.7 Å². The number of fused-ring (bicyclic) bond motifs is 1. The summed E-state index contributed by atoms with van der Waals surface area (Å²) in [5.41, 5.74) is 1.55. The number of ketones is 1. The Balaban J connectivity index is 1.62. The first kappa shape index (κ1) is 19.3. The molecule has 2 aliphatic rings. The molecule has 6 nitrogen and oxygen atoms in total. The number of esters is 1. The zero-order valence-electron chi connectivity index (χ0n) is 16.3. The van der Waals surface area contributed by atoms with Crippen molar-refractivity contribution < 1.29 is 24.2 Å². The Hall–Kier alpha value is -2.99. The first-order valence-corrected chi connectivity index (χ1v) is 9.76. The van der Waals surface area contributed by atoms with E-state index in [2.05, 4.69) is 0 Å². The summed E-state index contributed by atoms with van der Waals surface area (Å²) in [5.74, 6) is -2.61. The summed E-state index contributed by atoms with van der Waals surface area (Å²) in [7, 11) is 0. The van der Waals surface area contributed by atoms with Gasteiger partial charge in [-0.2, -0.15) is 0 Å². The molecule has 6 heteroatoms. The maximum Gasteiger partial charge on any atom is 0.337 e. The van der Waals surface area contributed by atoms with Gasteiger partial charge in [0.1, 0.15) is 0 Å². The molecule has 0 saturated carbocycles. The van der Waals surface area contributed by atoms with Gasteiger partial charge in [-0.1, -0.05) is 67.6 Å². The van der Waals surface area contributed by atoms with Crippen LogP contribution >= 0.6 is 0 Å². The molecule has 0 aliphatic carbocycles. The van der Waals surface area contributed by atoms with Crippen molar-refractivity contribution in [3.8, 4) is 0 Å². The Bertz CT molecular complexity index is 887. The predicted octanol–water partition coefficient (Wildman–Crippen LogP) is 2.11. The molecule has 0 unspecified atom stereocenters. The second kappa shape index (κ2) is 7.44. The Kier molecular flexibility index (Phi) is 4.96. The van der Waals surface area contributed by atoms with Crippen LogP contribution in [0.1, 0.15) is 31.1 Å². The first-order valence-electron chi connectivity index (χ1n) is 9.76. The Morgan fingerprint density at radius 2 is 1.52 bits per heavy atom. The minimum absolute atomic E-state index is 0.337. The summed E-state index contributed by atoms with van der Waals surface area (Å²) < 4.78 is 5.81.